The molecule has 0 fully saturated rings. The van der Waals surface area contributed by atoms with E-state index in [2.05, 4.69) is 38.7 Å². The maximum absolute atomic E-state index is 13.5. The number of nitrogens with two attached hydrogens (primary N) is 3. The lowest BCUT2D eigenvalue weighted by Crippen LogP contribution is -2.46. The molecule has 7 amide bonds. The van der Waals surface area contributed by atoms with Gasteiger partial charge in [0.15, 0.2) is 11.6 Å². The maximum atomic E-state index is 13.5. The quantitative estimate of drug-likeness (QED) is 0.0352. The van der Waals surface area contributed by atoms with E-state index in [1.807, 2.05) is 64.1 Å². The zero-order valence-electron chi connectivity index (χ0n) is 40.9. The van der Waals surface area contributed by atoms with Gasteiger partial charge >= 0.3 is 18.2 Å². The lowest BCUT2D eigenvalue weighted by molar-refractivity contribution is -0.128. The van der Waals surface area contributed by atoms with Crippen LogP contribution in [0.1, 0.15) is 94.4 Å². The van der Waals surface area contributed by atoms with Crippen molar-refractivity contribution in [2.24, 2.45) is 40.9 Å². The van der Waals surface area contributed by atoms with Gasteiger partial charge in [-0.3, -0.25) is 19.2 Å². The van der Waals surface area contributed by atoms with Crippen LogP contribution in [0, 0.1) is 23.7 Å². The van der Waals surface area contributed by atoms with Crippen LogP contribution in [0.15, 0.2) is 97.1 Å². The number of carbonyl (C=O) groups excluding carboxylic acids is 7. The van der Waals surface area contributed by atoms with Crippen LogP contribution in [0.2, 0.25) is 0 Å². The van der Waals surface area contributed by atoms with Gasteiger partial charge in [-0.15, -0.1) is 0 Å². The van der Waals surface area contributed by atoms with E-state index >= 15 is 0 Å². The van der Waals surface area contributed by atoms with E-state index in [0.29, 0.717) is 49.2 Å². The Labute approximate surface area is 415 Å². The molecular weight excluding hydrogens is 909 g/mol. The van der Waals surface area contributed by atoms with Crippen molar-refractivity contribution >= 4 is 52.9 Å². The Morgan fingerprint density at radius 3 is 1.41 bits per heavy atom. The zero-order valence-corrected chi connectivity index (χ0v) is 40.9. The minimum atomic E-state index is -0.867. The second kappa shape index (κ2) is 28.5. The molecule has 5 rings (SSSR count). The monoisotopic (exact) mass is 979 g/mol. The zero-order chi connectivity index (χ0) is 52.0. The third-order valence-electron chi connectivity index (χ3n) is 12.2. The van der Waals surface area contributed by atoms with Gasteiger partial charge in [-0.2, -0.15) is 0 Å². The number of alkyl carbamates (subject to hydrolysis) is 1. The molecule has 1 aliphatic carbocycles. The van der Waals surface area contributed by atoms with E-state index in [1.165, 1.54) is 0 Å². The number of urea groups is 2. The van der Waals surface area contributed by atoms with Gasteiger partial charge in [0.05, 0.1) is 25.3 Å². The van der Waals surface area contributed by atoms with Crippen molar-refractivity contribution < 1.29 is 48.5 Å². The highest BCUT2D eigenvalue weighted by Gasteiger charge is 2.33. The fourth-order valence-corrected chi connectivity index (χ4v) is 8.15. The number of hydrogen-bond donors (Lipinski definition) is 10. The molecule has 382 valence electrons. The Balaban J connectivity index is 0.000000348. The molecule has 1 aliphatic rings. The summed E-state index contributed by atoms with van der Waals surface area (Å²) in [6.07, 6.45) is 0.868. The van der Waals surface area contributed by atoms with Crippen LogP contribution >= 0.6 is 0 Å². The lowest BCUT2D eigenvalue weighted by Gasteiger charge is -2.24. The number of aliphatic hydroxyl groups is 2. The molecule has 0 bridgehead atoms. The molecule has 4 aromatic carbocycles. The van der Waals surface area contributed by atoms with Crippen LogP contribution in [0.25, 0.3) is 11.1 Å². The van der Waals surface area contributed by atoms with Crippen LogP contribution < -0.4 is 43.8 Å². The summed E-state index contributed by atoms with van der Waals surface area (Å²) < 4.78 is 5.67. The molecule has 0 radical (unpaired) electrons. The Morgan fingerprint density at radius 1 is 0.592 bits per heavy atom. The number of amides is 7. The fraction of sp³-hybridized carbons (Fsp3) is 0.415. The van der Waals surface area contributed by atoms with Crippen LogP contribution in [0.3, 0.4) is 0 Å². The Morgan fingerprint density at radius 2 is 1.01 bits per heavy atom. The summed E-state index contributed by atoms with van der Waals surface area (Å²) >= 11 is 0. The smallest absolute Gasteiger partial charge is 0.407 e. The van der Waals surface area contributed by atoms with Gasteiger partial charge in [-0.05, 0) is 95.2 Å². The number of hydrogen-bond acceptors (Lipinski definition) is 11. The van der Waals surface area contributed by atoms with Gasteiger partial charge in [-0.1, -0.05) is 100 Å². The average molecular weight is 979 g/mol. The first kappa shape index (κ1) is 56.4. The number of ether oxygens (including phenoxy) is 1. The summed E-state index contributed by atoms with van der Waals surface area (Å²) in [5.74, 6) is -2.77. The molecular formula is C53H70N8O10. The van der Waals surface area contributed by atoms with Crippen molar-refractivity contribution in [3.63, 3.8) is 0 Å². The van der Waals surface area contributed by atoms with Gasteiger partial charge in [0.1, 0.15) is 6.61 Å². The molecule has 4 aromatic rings. The number of ketones is 2. The van der Waals surface area contributed by atoms with E-state index in [9.17, 15) is 38.7 Å². The van der Waals surface area contributed by atoms with E-state index in [4.69, 9.17) is 27.0 Å². The van der Waals surface area contributed by atoms with E-state index < -0.39 is 42.1 Å². The number of benzene rings is 4. The second-order valence-electron chi connectivity index (χ2n) is 18.3. The number of carbonyl (C=O) groups is 7. The Bertz CT molecular complexity index is 2370. The molecule has 4 atom stereocenters. The van der Waals surface area contributed by atoms with Crippen LogP contribution in [-0.4, -0.2) is 83.5 Å². The summed E-state index contributed by atoms with van der Waals surface area (Å²) in [4.78, 5) is 86.6. The molecule has 0 spiro atoms. The number of nitrogens with one attached hydrogen (secondary N) is 5. The van der Waals surface area contributed by atoms with Crippen molar-refractivity contribution in [1.29, 1.82) is 0 Å². The van der Waals surface area contributed by atoms with Crippen LogP contribution in [0.5, 0.6) is 0 Å². The third-order valence-corrected chi connectivity index (χ3v) is 12.2. The molecule has 0 saturated heterocycles. The topological polar surface area (TPSA) is 307 Å². The number of fused-ring (bicyclic) bond motifs is 3. The minimum absolute atomic E-state index is 0.0104. The first-order valence-electron chi connectivity index (χ1n) is 23.9. The molecule has 0 aromatic heterocycles. The summed E-state index contributed by atoms with van der Waals surface area (Å²) in [5.41, 5.74) is 23.0. The van der Waals surface area contributed by atoms with Crippen molar-refractivity contribution in [3.05, 3.63) is 119 Å². The highest BCUT2D eigenvalue weighted by atomic mass is 16.5. The van der Waals surface area contributed by atoms with Crippen LogP contribution in [-0.2, 0) is 37.1 Å². The highest BCUT2D eigenvalue weighted by molar-refractivity contribution is 5.98. The van der Waals surface area contributed by atoms with Crippen molar-refractivity contribution in [1.82, 2.24) is 16.0 Å². The van der Waals surface area contributed by atoms with Gasteiger partial charge in [-0.25, -0.2) is 14.4 Å². The summed E-state index contributed by atoms with van der Waals surface area (Å²) in [7, 11) is 0. The second-order valence-corrected chi connectivity index (χ2v) is 18.3. The summed E-state index contributed by atoms with van der Waals surface area (Å²) in [6, 6.07) is 26.8. The maximum Gasteiger partial charge on any atom is 0.407 e. The lowest BCUT2D eigenvalue weighted by atomic mass is 9.89. The molecule has 0 saturated carbocycles. The largest absolute Gasteiger partial charge is 0.449 e. The molecule has 13 N–H and O–H groups in total. The Hall–Kier alpha value is -7.15. The van der Waals surface area contributed by atoms with Crippen molar-refractivity contribution in [2.45, 2.75) is 97.4 Å². The van der Waals surface area contributed by atoms with Gasteiger partial charge in [0.2, 0.25) is 11.8 Å². The van der Waals surface area contributed by atoms with E-state index in [0.717, 1.165) is 27.8 Å². The molecule has 71 heavy (non-hydrogen) atoms. The predicted molar refractivity (Wildman–Crippen MR) is 272 cm³/mol. The number of anilines is 2. The molecule has 0 heterocycles. The molecule has 18 nitrogen and oxygen atoms in total. The molecule has 0 aliphatic heterocycles. The number of Topliss-reactive ketones (excluding diaryl/α,β-unsaturated/α-hetero) is 2. The first-order valence-corrected chi connectivity index (χ1v) is 23.9. The number of aliphatic hydroxyl groups excluding tert-OH is 2. The summed E-state index contributed by atoms with van der Waals surface area (Å²) in [5, 5.41) is 31.7. The third kappa shape index (κ3) is 18.0. The fourth-order valence-electron chi connectivity index (χ4n) is 8.15. The van der Waals surface area contributed by atoms with Gasteiger partial charge in [0, 0.05) is 55.1 Å². The molecule has 0 unspecified atom stereocenters. The van der Waals surface area contributed by atoms with Crippen molar-refractivity contribution in [2.75, 3.05) is 30.3 Å². The summed E-state index contributed by atoms with van der Waals surface area (Å²) in [6.45, 7) is 7.86. The number of primary amides is 2. The van der Waals surface area contributed by atoms with E-state index in [-0.39, 0.29) is 80.3 Å². The predicted octanol–water partition coefficient (Wildman–Crippen LogP) is 5.83. The van der Waals surface area contributed by atoms with Crippen LogP contribution in [0.4, 0.5) is 25.8 Å². The first-order chi connectivity index (χ1) is 33.9. The highest BCUT2D eigenvalue weighted by Crippen LogP contribution is 2.44. The normalized spacial score (nSPS) is 13.3. The van der Waals surface area contributed by atoms with Crippen molar-refractivity contribution in [3.8, 4) is 11.1 Å². The molecule has 18 heteroatoms. The standard InChI is InChI=1S/C34H40N4O6.C19H30N4O4/c1-21(2)31(38-34(43)44-20-29-27-11-5-3-9-25(27)26-10-4-6-12-28(26)29)30(40)18-23(8-7-17-36-33(35)42)32(41)37-24-15-13-22(19-39)14-16-24;1-12(2)17(20)16(25)10-14(4-3-9-22-19(21)27)18(26)23-15-7-5-13(11-24)6-8-15/h3-6,9-16,21,23,29,31,39H,7-8,17-20H2,1-2H3,(H,37,41)(H,38,43)(H3,35,36,42);5-8,12,14,17,24H,3-4,9-11,20H2,1-2H3,(H,23,26)(H3,21,22,27)/t23-,31+;14-,17+/m11/s1. The Kier molecular flexibility index (Phi) is 22.7. The SMILES string of the molecule is CC(C)[C@H](N)C(=O)C[C@@H](CCCNC(N)=O)C(=O)Nc1ccc(CO)cc1.CC(C)[C@H](NC(=O)OCC1c2ccccc2-c2ccccc21)C(=O)C[C@@H](CCCNC(N)=O)C(=O)Nc1ccc(CO)cc1. The van der Waals surface area contributed by atoms with Gasteiger partial charge < -0.3 is 58.7 Å². The number of rotatable bonds is 25. The van der Waals surface area contributed by atoms with E-state index in [1.54, 1.807) is 48.5 Å². The average Bonchev–Trinajstić information content (AvgIpc) is 3.67. The minimum Gasteiger partial charge on any atom is -0.449 e. The van der Waals surface area contributed by atoms with Gasteiger partial charge in [0.25, 0.3) is 0 Å².